The highest BCUT2D eigenvalue weighted by atomic mass is 19.1. The predicted molar refractivity (Wildman–Crippen MR) is 100 cm³/mol. The Morgan fingerprint density at radius 2 is 1.92 bits per heavy atom. The van der Waals surface area contributed by atoms with E-state index in [1.807, 2.05) is 30.3 Å². The quantitative estimate of drug-likeness (QED) is 0.608. The van der Waals surface area contributed by atoms with Gasteiger partial charge in [0.1, 0.15) is 23.7 Å². The van der Waals surface area contributed by atoms with Crippen LogP contribution in [0.2, 0.25) is 0 Å². The average molecular weight is 355 g/mol. The molecule has 1 aliphatic rings. The molecular weight excluding hydrogens is 333 g/mol. The first kappa shape index (κ1) is 18.0. The van der Waals surface area contributed by atoms with E-state index < -0.39 is 5.54 Å². The number of rotatable bonds is 7. The van der Waals surface area contributed by atoms with Crippen LogP contribution in [0.3, 0.4) is 0 Å². The Morgan fingerprint density at radius 3 is 2.58 bits per heavy atom. The van der Waals surface area contributed by atoms with Crippen molar-refractivity contribution in [3.05, 3.63) is 70.9 Å². The summed E-state index contributed by atoms with van der Waals surface area (Å²) in [7, 11) is 0. The number of hydrogen-bond donors (Lipinski definition) is 1. The number of ether oxygens (including phenoxy) is 1. The summed E-state index contributed by atoms with van der Waals surface area (Å²) in [5.41, 5.74) is 0.448. The second-order valence-electron chi connectivity index (χ2n) is 6.47. The second kappa shape index (κ2) is 8.56. The molecule has 0 amide bonds. The number of nitrogens with one attached hydrogen (secondary N) is 1. The van der Waals surface area contributed by atoms with Crippen LogP contribution >= 0.6 is 0 Å². The number of nitrogens with zero attached hydrogens (tertiary/aromatic N) is 2. The molecule has 26 heavy (non-hydrogen) atoms. The smallest absolute Gasteiger partial charge is 0.126 e. The van der Waals surface area contributed by atoms with Gasteiger partial charge in [-0.05, 0) is 36.2 Å². The molecule has 0 spiro atoms. The van der Waals surface area contributed by atoms with Gasteiger partial charge in [0, 0.05) is 12.8 Å². The first-order valence-corrected chi connectivity index (χ1v) is 8.73. The molecule has 3 rings (SSSR count). The number of nitroso groups, excluding NO2 is 1. The van der Waals surface area contributed by atoms with Gasteiger partial charge in [0.05, 0.1) is 18.9 Å². The minimum absolute atomic E-state index is 0.283. The van der Waals surface area contributed by atoms with Gasteiger partial charge in [0.2, 0.25) is 0 Å². The molecule has 1 heterocycles. The van der Waals surface area contributed by atoms with E-state index in [4.69, 9.17) is 4.74 Å². The van der Waals surface area contributed by atoms with E-state index in [0.29, 0.717) is 44.7 Å². The maximum absolute atomic E-state index is 12.8. The van der Waals surface area contributed by atoms with Gasteiger partial charge < -0.3 is 10.1 Å². The fourth-order valence-corrected chi connectivity index (χ4v) is 3.02. The molecule has 1 N–H and O–H groups in total. The summed E-state index contributed by atoms with van der Waals surface area (Å²) in [6.07, 6.45) is 1.98. The third kappa shape index (κ3) is 4.88. The van der Waals surface area contributed by atoms with Crippen molar-refractivity contribution in [1.29, 1.82) is 0 Å². The minimum Gasteiger partial charge on any atom is -0.492 e. The van der Waals surface area contributed by atoms with Crippen molar-refractivity contribution in [2.75, 3.05) is 19.7 Å². The topological polar surface area (TPSA) is 63.0 Å². The molecule has 1 unspecified atom stereocenters. The molecule has 1 aliphatic heterocycles. The standard InChI is InChI=1S/C20H22FN3O2/c21-17-6-8-18(9-7-17)26-13-12-22-19-10-11-20(24-25,15-23-19)14-16-4-2-1-3-5-16/h1-9H,10-15H2,(H,22,23). The van der Waals surface area contributed by atoms with E-state index in [2.05, 4.69) is 15.5 Å². The van der Waals surface area contributed by atoms with E-state index in [0.717, 1.165) is 11.4 Å². The molecule has 0 bridgehead atoms. The average Bonchev–Trinajstić information content (AvgIpc) is 2.69. The molecule has 2 aromatic rings. The Labute approximate surface area is 152 Å². The Bertz CT molecular complexity index is 749. The molecule has 0 saturated carbocycles. The van der Waals surface area contributed by atoms with Crippen LogP contribution < -0.4 is 10.1 Å². The first-order valence-electron chi connectivity index (χ1n) is 8.73. The van der Waals surface area contributed by atoms with Crippen molar-refractivity contribution >= 4 is 5.84 Å². The van der Waals surface area contributed by atoms with Crippen LogP contribution in [0.1, 0.15) is 18.4 Å². The van der Waals surface area contributed by atoms with Crippen molar-refractivity contribution < 1.29 is 9.13 Å². The molecule has 5 nitrogen and oxygen atoms in total. The third-order valence-corrected chi connectivity index (χ3v) is 4.47. The van der Waals surface area contributed by atoms with Gasteiger partial charge in [0.15, 0.2) is 0 Å². The van der Waals surface area contributed by atoms with Crippen molar-refractivity contribution in [3.8, 4) is 5.75 Å². The Kier molecular flexibility index (Phi) is 5.94. The van der Waals surface area contributed by atoms with Gasteiger partial charge in [-0.15, -0.1) is 0 Å². The number of hydrogen-bond acceptors (Lipinski definition) is 5. The van der Waals surface area contributed by atoms with E-state index in [1.54, 1.807) is 12.1 Å². The van der Waals surface area contributed by atoms with E-state index in [1.165, 1.54) is 12.1 Å². The predicted octanol–water partition coefficient (Wildman–Crippen LogP) is 3.73. The summed E-state index contributed by atoms with van der Waals surface area (Å²) in [5, 5.41) is 6.65. The van der Waals surface area contributed by atoms with Gasteiger partial charge in [-0.25, -0.2) is 4.39 Å². The van der Waals surface area contributed by atoms with Crippen LogP contribution in [-0.4, -0.2) is 31.1 Å². The second-order valence-corrected chi connectivity index (χ2v) is 6.47. The SMILES string of the molecule is O=NC1(Cc2ccccc2)CCC(NCCOc2ccc(F)cc2)=NC1. The van der Waals surface area contributed by atoms with Crippen LogP contribution in [0.15, 0.2) is 64.8 Å². The van der Waals surface area contributed by atoms with Crippen molar-refractivity contribution in [1.82, 2.24) is 5.32 Å². The largest absolute Gasteiger partial charge is 0.492 e. The lowest BCUT2D eigenvalue weighted by atomic mass is 9.85. The molecule has 136 valence electrons. The van der Waals surface area contributed by atoms with Crippen molar-refractivity contribution in [3.63, 3.8) is 0 Å². The number of halogens is 1. The normalized spacial score (nSPS) is 19.5. The van der Waals surface area contributed by atoms with Crippen molar-refractivity contribution in [2.45, 2.75) is 24.8 Å². The molecule has 6 heteroatoms. The molecule has 0 aliphatic carbocycles. The molecular formula is C20H22FN3O2. The number of amidine groups is 1. The van der Waals surface area contributed by atoms with Gasteiger partial charge in [-0.1, -0.05) is 35.5 Å². The van der Waals surface area contributed by atoms with Crippen LogP contribution in [-0.2, 0) is 6.42 Å². The van der Waals surface area contributed by atoms with Crippen LogP contribution in [0, 0.1) is 10.7 Å². The zero-order valence-electron chi connectivity index (χ0n) is 14.5. The van der Waals surface area contributed by atoms with Crippen LogP contribution in [0.5, 0.6) is 5.75 Å². The number of benzene rings is 2. The fourth-order valence-electron chi connectivity index (χ4n) is 3.02. The van der Waals surface area contributed by atoms with Gasteiger partial charge in [0.25, 0.3) is 0 Å². The Morgan fingerprint density at radius 1 is 1.15 bits per heavy atom. The van der Waals surface area contributed by atoms with E-state index in [-0.39, 0.29) is 5.82 Å². The molecule has 0 aromatic heterocycles. The minimum atomic E-state index is -0.656. The van der Waals surface area contributed by atoms with Gasteiger partial charge >= 0.3 is 0 Å². The van der Waals surface area contributed by atoms with Gasteiger partial charge in [-0.2, -0.15) is 4.91 Å². The van der Waals surface area contributed by atoms with E-state index in [9.17, 15) is 9.30 Å². The lowest BCUT2D eigenvalue weighted by Crippen LogP contribution is -2.41. The summed E-state index contributed by atoms with van der Waals surface area (Å²) in [6, 6.07) is 15.8. The lowest BCUT2D eigenvalue weighted by Gasteiger charge is -2.29. The Hall–Kier alpha value is -2.76. The van der Waals surface area contributed by atoms with E-state index >= 15 is 0 Å². The zero-order valence-corrected chi connectivity index (χ0v) is 14.5. The zero-order chi connectivity index (χ0) is 18.2. The maximum Gasteiger partial charge on any atom is 0.126 e. The monoisotopic (exact) mass is 355 g/mol. The lowest BCUT2D eigenvalue weighted by molar-refractivity contribution is 0.320. The summed E-state index contributed by atoms with van der Waals surface area (Å²) in [6.45, 7) is 1.44. The fraction of sp³-hybridized carbons (Fsp3) is 0.350. The molecule has 2 aromatic carbocycles. The number of aliphatic imine (C=N–C) groups is 1. The highest BCUT2D eigenvalue weighted by molar-refractivity contribution is 5.83. The Balaban J connectivity index is 1.46. The van der Waals surface area contributed by atoms with Crippen LogP contribution in [0.25, 0.3) is 0 Å². The maximum atomic E-state index is 12.8. The third-order valence-electron chi connectivity index (χ3n) is 4.47. The highest BCUT2D eigenvalue weighted by Gasteiger charge is 2.34. The van der Waals surface area contributed by atoms with Crippen molar-refractivity contribution in [2.24, 2.45) is 10.2 Å². The molecule has 0 radical (unpaired) electrons. The molecule has 0 fully saturated rings. The summed E-state index contributed by atoms with van der Waals surface area (Å²) in [4.78, 5) is 16.0. The molecule has 1 atom stereocenters. The summed E-state index contributed by atoms with van der Waals surface area (Å²) >= 11 is 0. The first-order chi connectivity index (χ1) is 12.7. The summed E-state index contributed by atoms with van der Waals surface area (Å²) < 4.78 is 18.4. The molecule has 0 saturated heterocycles. The highest BCUT2D eigenvalue weighted by Crippen LogP contribution is 2.27. The summed E-state index contributed by atoms with van der Waals surface area (Å²) in [5.74, 6) is 1.22. The van der Waals surface area contributed by atoms with Gasteiger partial charge in [-0.3, -0.25) is 4.99 Å². The van der Waals surface area contributed by atoms with Crippen LogP contribution in [0.4, 0.5) is 4.39 Å².